The lowest BCUT2D eigenvalue weighted by molar-refractivity contribution is 0.0838. The van der Waals surface area contributed by atoms with Crippen molar-refractivity contribution in [2.45, 2.75) is 83.4 Å². The van der Waals surface area contributed by atoms with Gasteiger partial charge in [0.1, 0.15) is 5.75 Å². The summed E-state index contributed by atoms with van der Waals surface area (Å²) in [5.41, 5.74) is 6.45. The van der Waals surface area contributed by atoms with Gasteiger partial charge in [-0.15, -0.1) is 0 Å². The Morgan fingerprint density at radius 1 is 1.02 bits per heavy atom. The molecule has 0 aliphatic carbocycles. The van der Waals surface area contributed by atoms with E-state index in [2.05, 4.69) is 67.3 Å². The highest BCUT2D eigenvalue weighted by Gasteiger charge is 2.41. The van der Waals surface area contributed by atoms with E-state index >= 15 is 0 Å². The maximum absolute atomic E-state index is 13.3. The van der Waals surface area contributed by atoms with Crippen molar-refractivity contribution < 1.29 is 19.4 Å². The zero-order valence-corrected chi connectivity index (χ0v) is 38.0. The van der Waals surface area contributed by atoms with Crippen LogP contribution in [0.4, 0.5) is 10.5 Å². The molecule has 62 heavy (non-hydrogen) atoms. The maximum atomic E-state index is 13.3. The second kappa shape index (κ2) is 17.8. The fourth-order valence-electron chi connectivity index (χ4n) is 8.85. The second-order valence-corrected chi connectivity index (χ2v) is 24.0. The quantitative estimate of drug-likeness (QED) is 0.0794. The molecule has 9 rings (SSSR count). The van der Waals surface area contributed by atoms with Crippen LogP contribution in [0.3, 0.4) is 0 Å². The number of hydrogen-bond donors (Lipinski definition) is 4. The second-order valence-electron chi connectivity index (χ2n) is 18.3. The summed E-state index contributed by atoms with van der Waals surface area (Å²) in [6.45, 7) is 15.4. The van der Waals surface area contributed by atoms with Crippen molar-refractivity contribution in [2.24, 2.45) is 5.92 Å². The summed E-state index contributed by atoms with van der Waals surface area (Å²) < 4.78 is 9.73. The molecule has 0 saturated carbocycles. The number of aryl methyl sites for hydroxylation is 1. The molecule has 11 nitrogen and oxygen atoms in total. The lowest BCUT2D eigenvalue weighted by atomic mass is 9.82. The summed E-state index contributed by atoms with van der Waals surface area (Å²) in [6.07, 6.45) is 5.49. The highest BCUT2D eigenvalue weighted by molar-refractivity contribution is 7.16. The smallest absolute Gasteiger partial charge is 0.412 e. The van der Waals surface area contributed by atoms with Gasteiger partial charge in [-0.25, -0.2) is 4.79 Å². The molecule has 6 aromatic rings. The fourth-order valence-corrected chi connectivity index (χ4v) is 11.1. The van der Waals surface area contributed by atoms with Gasteiger partial charge in [-0.05, 0) is 109 Å². The molecule has 0 radical (unpaired) electrons. The first-order valence-electron chi connectivity index (χ1n) is 21.6. The Kier molecular flexibility index (Phi) is 12.5. The Labute approximate surface area is 367 Å². The zero-order chi connectivity index (χ0) is 43.8. The van der Waals surface area contributed by atoms with Crippen LogP contribution in [-0.4, -0.2) is 71.3 Å². The summed E-state index contributed by atoms with van der Waals surface area (Å²) in [4.78, 5) is 45.3. The molecule has 3 fully saturated rings. The molecule has 3 aliphatic rings. The first-order valence-corrected chi connectivity index (χ1v) is 25.4. The minimum atomic E-state index is -2.24. The molecule has 2 aromatic heterocycles. The first-order chi connectivity index (χ1) is 29.7. The minimum Gasteiger partial charge on any atom is -0.506 e. The van der Waals surface area contributed by atoms with Gasteiger partial charge >= 0.3 is 11.0 Å². The van der Waals surface area contributed by atoms with Crippen molar-refractivity contribution in [3.05, 3.63) is 134 Å². The number of carbonyl (C=O) groups is 1. The van der Waals surface area contributed by atoms with Gasteiger partial charge in [0.05, 0.1) is 33.6 Å². The van der Waals surface area contributed by atoms with Crippen molar-refractivity contribution in [3.8, 4) is 16.9 Å². The van der Waals surface area contributed by atoms with Gasteiger partial charge in [0, 0.05) is 43.2 Å². The molecular weight excluding hydrogens is 815 g/mol. The number of benzene rings is 4. The third-order valence-corrected chi connectivity index (χ3v) is 18.7. The molecule has 4 aromatic carbocycles. The van der Waals surface area contributed by atoms with E-state index in [9.17, 15) is 24.6 Å². The Bertz CT molecular complexity index is 2730. The molecule has 324 valence electrons. The number of aromatic hydroxyl groups is 1. The normalized spacial score (nSPS) is 18.5. The summed E-state index contributed by atoms with van der Waals surface area (Å²) in [5, 5.41) is 25.6. The number of fused-ring (bicyclic) bond motifs is 5. The Balaban J connectivity index is 0.968. The number of phenols is 1. The van der Waals surface area contributed by atoms with Gasteiger partial charge < -0.3 is 29.8 Å². The Morgan fingerprint density at radius 3 is 2.50 bits per heavy atom. The number of rotatable bonds is 14. The number of amides is 1. The van der Waals surface area contributed by atoms with Crippen LogP contribution in [0.25, 0.3) is 38.3 Å². The molecule has 3 aliphatic heterocycles. The van der Waals surface area contributed by atoms with E-state index in [1.54, 1.807) is 17.0 Å². The molecule has 4 N–H and O–H groups in total. The number of nitrogens with one attached hydrogen (secondary N) is 2. The van der Waals surface area contributed by atoms with Crippen LogP contribution in [-0.2, 0) is 17.5 Å². The van der Waals surface area contributed by atoms with Crippen LogP contribution in [0.5, 0.6) is 5.75 Å². The summed E-state index contributed by atoms with van der Waals surface area (Å²) >= 11 is 1.24. The predicted molar refractivity (Wildman–Crippen MR) is 254 cm³/mol. The van der Waals surface area contributed by atoms with Crippen molar-refractivity contribution in [1.29, 1.82) is 0 Å². The number of nitrogens with zero attached hydrogens (tertiary/aromatic N) is 3. The van der Waals surface area contributed by atoms with E-state index in [0.717, 1.165) is 75.9 Å². The standard InChI is InChI=1S/C49H57N5O6SSi/c1-49(2,3)62(4,5)60-43(37-17-20-42(55)46-38(37)18-21-45(56)51-46)30-50-29-33-15-19-39-44(28-33)61-48(59)53(39)24-10-9-11-32-14-16-36(34-12-7-6-8-13-34)40(27-32)54(47(57)58)41-31-52-25-22-35(41)23-26-52/h6-9,11-21,27-28,35,41,43,50,55H,10,22-26,29-31H2,1-5H3,(H,51,56)(H,57,58)/b11-9+/t41-,43+/m0/s1. The summed E-state index contributed by atoms with van der Waals surface area (Å²) in [6, 6.07) is 28.8. The maximum Gasteiger partial charge on any atom is 0.412 e. The van der Waals surface area contributed by atoms with Gasteiger partial charge in [-0.3, -0.25) is 19.1 Å². The first kappa shape index (κ1) is 43.3. The van der Waals surface area contributed by atoms with E-state index in [1.807, 2.05) is 71.3 Å². The molecule has 1 amide bonds. The number of phenolic OH excluding ortho intramolecular Hbond substituents is 1. The number of hydrogen-bond acceptors (Lipinski definition) is 8. The Hall–Kier alpha value is -5.31. The van der Waals surface area contributed by atoms with Crippen molar-refractivity contribution in [1.82, 2.24) is 19.8 Å². The molecular formula is C49H57N5O6SSi. The minimum absolute atomic E-state index is 0.0114. The van der Waals surface area contributed by atoms with Gasteiger partial charge in [0.2, 0.25) is 5.56 Å². The van der Waals surface area contributed by atoms with Gasteiger partial charge in [0.15, 0.2) is 8.32 Å². The van der Waals surface area contributed by atoms with E-state index in [4.69, 9.17) is 4.43 Å². The van der Waals surface area contributed by atoms with Gasteiger partial charge in [0.25, 0.3) is 0 Å². The number of allylic oxidation sites excluding steroid dienone is 1. The lowest BCUT2D eigenvalue weighted by Crippen LogP contribution is -2.59. The number of thiazole rings is 1. The number of aromatic nitrogens is 2. The van der Waals surface area contributed by atoms with Crippen LogP contribution in [0, 0.1) is 5.92 Å². The largest absolute Gasteiger partial charge is 0.506 e. The number of H-pyrrole nitrogens is 1. The molecule has 3 saturated heterocycles. The third kappa shape index (κ3) is 9.09. The van der Waals surface area contributed by atoms with Crippen molar-refractivity contribution in [2.75, 3.05) is 31.1 Å². The zero-order valence-electron chi connectivity index (χ0n) is 36.2. The van der Waals surface area contributed by atoms with Crippen LogP contribution in [0.2, 0.25) is 18.1 Å². The van der Waals surface area contributed by atoms with Crippen LogP contribution in [0.1, 0.15) is 62.8 Å². The van der Waals surface area contributed by atoms with Crippen LogP contribution >= 0.6 is 11.3 Å². The average Bonchev–Trinajstić information content (AvgIpc) is 3.56. The predicted octanol–water partition coefficient (Wildman–Crippen LogP) is 9.81. The molecule has 13 heteroatoms. The van der Waals surface area contributed by atoms with E-state index in [-0.39, 0.29) is 33.4 Å². The topological polar surface area (TPSA) is 140 Å². The molecule has 2 bridgehead atoms. The van der Waals surface area contributed by atoms with Gasteiger partial charge in [-0.2, -0.15) is 0 Å². The highest BCUT2D eigenvalue weighted by Crippen LogP contribution is 2.42. The number of aromatic amines is 1. The van der Waals surface area contributed by atoms with Crippen LogP contribution in [0.15, 0.2) is 107 Å². The highest BCUT2D eigenvalue weighted by atomic mass is 32.1. The van der Waals surface area contributed by atoms with Crippen LogP contribution < -0.4 is 20.6 Å². The summed E-state index contributed by atoms with van der Waals surface area (Å²) in [7, 11) is -2.24. The molecule has 2 atom stereocenters. The van der Waals surface area contributed by atoms with E-state index in [0.29, 0.717) is 43.2 Å². The lowest BCUT2D eigenvalue weighted by Gasteiger charge is -2.48. The number of anilines is 1. The molecule has 5 heterocycles. The fraction of sp³-hybridized carbons (Fsp3) is 0.367. The SMILES string of the molecule is CC(C)(C)[Si](C)(C)O[C@H](CNCc1ccc2c(c1)sc(=O)n2CC/C=C/c1ccc(-c2ccccc2)c(N(C(=O)O)[C@H]2CN3CCC2CC3)c1)c1ccc(O)c2[nH]c(=O)ccc12. The molecule has 0 unspecified atom stereocenters. The Morgan fingerprint density at radius 2 is 1.79 bits per heavy atom. The average molecular weight is 872 g/mol. The number of pyridine rings is 1. The van der Waals surface area contributed by atoms with Gasteiger partial charge in [-0.1, -0.05) is 98.9 Å². The number of carboxylic acid groups (broad SMARTS) is 1. The third-order valence-electron chi connectivity index (χ3n) is 13.2. The number of piperidine rings is 3. The van der Waals surface area contributed by atoms with E-state index < -0.39 is 14.4 Å². The van der Waals surface area contributed by atoms with E-state index in [1.165, 1.54) is 17.4 Å². The molecule has 0 spiro atoms. The monoisotopic (exact) mass is 871 g/mol. The summed E-state index contributed by atoms with van der Waals surface area (Å²) in [5.74, 6) is 0.360. The van der Waals surface area contributed by atoms with Crippen molar-refractivity contribution >= 4 is 58.6 Å². The van der Waals surface area contributed by atoms with Crippen molar-refractivity contribution in [3.63, 3.8) is 0 Å².